The molecule has 0 aliphatic heterocycles. The summed E-state index contributed by atoms with van der Waals surface area (Å²) in [6.45, 7) is 0.992. The van der Waals surface area contributed by atoms with Crippen molar-refractivity contribution in [1.82, 2.24) is 0 Å². The van der Waals surface area contributed by atoms with Gasteiger partial charge in [0.1, 0.15) is 6.54 Å². The Morgan fingerprint density at radius 1 is 1.04 bits per heavy atom. The zero-order chi connectivity index (χ0) is 18.7. The van der Waals surface area contributed by atoms with Gasteiger partial charge in [0.2, 0.25) is 0 Å². The molecule has 3 rings (SSSR count). The predicted octanol–water partition coefficient (Wildman–Crippen LogP) is 4.95. The quantitative estimate of drug-likeness (QED) is 0.404. The molecule has 1 aliphatic rings. The van der Waals surface area contributed by atoms with Crippen LogP contribution in [0.2, 0.25) is 10.0 Å². The average molecular weight is 391 g/mol. The molecule has 0 spiro atoms. The van der Waals surface area contributed by atoms with E-state index in [0.717, 1.165) is 17.1 Å². The first-order valence-electron chi connectivity index (χ1n) is 8.98. The number of aliphatic imine (C=N–C) groups is 1. The molecule has 0 radical (unpaired) electrons. The van der Waals surface area contributed by atoms with E-state index in [2.05, 4.69) is 31.2 Å². The lowest BCUT2D eigenvalue weighted by atomic mass is 10.1. The molecule has 0 unspecified atom stereocenters. The molecule has 1 fully saturated rings. The highest BCUT2D eigenvalue weighted by atomic mass is 35.5. The van der Waals surface area contributed by atoms with Gasteiger partial charge in [-0.3, -0.25) is 4.99 Å². The molecule has 0 N–H and O–H groups in total. The van der Waals surface area contributed by atoms with Crippen LogP contribution in [0.3, 0.4) is 0 Å². The zero-order valence-electron chi connectivity index (χ0n) is 15.2. The van der Waals surface area contributed by atoms with Gasteiger partial charge in [-0.15, -0.1) is 0 Å². The van der Waals surface area contributed by atoms with Gasteiger partial charge in [-0.25, -0.2) is 0 Å². The van der Waals surface area contributed by atoms with Crippen LogP contribution in [0.1, 0.15) is 36.8 Å². The van der Waals surface area contributed by atoms with Gasteiger partial charge in [0, 0.05) is 5.56 Å². The molecule has 0 amide bonds. The second kappa shape index (κ2) is 7.99. The minimum absolute atomic E-state index is 0.321. The molecule has 0 saturated heterocycles. The Hall–Kier alpha value is -1.55. The first-order valence-corrected chi connectivity index (χ1v) is 9.73. The summed E-state index contributed by atoms with van der Waals surface area (Å²) in [6, 6.07) is 13.5. The number of rotatable bonds is 5. The molecule has 0 atom stereocenters. The zero-order valence-corrected chi connectivity index (χ0v) is 16.7. The van der Waals surface area contributed by atoms with Crippen LogP contribution in [-0.2, 0) is 6.54 Å². The van der Waals surface area contributed by atoms with E-state index in [1.807, 2.05) is 12.1 Å². The standard InChI is InChI=1S/C21H24Cl2N2O/c1-25(2,18-5-3-4-6-18)14-15-7-10-17(11-8-15)24-21(26)16-9-12-19(22)20(23)13-16/h7-13,18H,3-6,14H2,1-2H3. The summed E-state index contributed by atoms with van der Waals surface area (Å²) in [5.74, 6) is -0.321. The van der Waals surface area contributed by atoms with Crippen LogP contribution >= 0.6 is 23.2 Å². The van der Waals surface area contributed by atoms with Crippen LogP contribution in [0.5, 0.6) is 0 Å². The average Bonchev–Trinajstić information content (AvgIpc) is 3.14. The molecule has 2 aromatic rings. The molecule has 2 aromatic carbocycles. The molecule has 1 saturated carbocycles. The van der Waals surface area contributed by atoms with Crippen molar-refractivity contribution >= 4 is 34.8 Å². The Kier molecular flexibility index (Phi) is 5.91. The van der Waals surface area contributed by atoms with E-state index in [9.17, 15) is 5.11 Å². The summed E-state index contributed by atoms with van der Waals surface area (Å²) in [5.41, 5.74) is 2.35. The van der Waals surface area contributed by atoms with Gasteiger partial charge in [0.05, 0.1) is 35.9 Å². The van der Waals surface area contributed by atoms with Gasteiger partial charge in [-0.05, 0) is 61.4 Å². The van der Waals surface area contributed by atoms with Crippen molar-refractivity contribution in [2.24, 2.45) is 4.99 Å². The van der Waals surface area contributed by atoms with Crippen molar-refractivity contribution < 1.29 is 9.59 Å². The Balaban J connectivity index is 1.71. The van der Waals surface area contributed by atoms with Crippen LogP contribution in [0, 0.1) is 0 Å². The molecule has 0 bridgehead atoms. The van der Waals surface area contributed by atoms with Gasteiger partial charge < -0.3 is 9.59 Å². The van der Waals surface area contributed by atoms with Gasteiger partial charge in [-0.1, -0.05) is 41.4 Å². The maximum Gasteiger partial charge on any atom is 0.104 e. The smallest absolute Gasteiger partial charge is 0.104 e. The van der Waals surface area contributed by atoms with E-state index < -0.39 is 0 Å². The highest BCUT2D eigenvalue weighted by Gasteiger charge is 2.31. The number of quaternary nitrogens is 1. The SMILES string of the molecule is C[N+](C)(Cc1ccc(N=C([O-])c2ccc(Cl)c(Cl)c2)cc1)C1CCCC1. The number of hydrogen-bond acceptors (Lipinski definition) is 2. The van der Waals surface area contributed by atoms with Crippen LogP contribution in [0.15, 0.2) is 47.5 Å². The molecule has 0 heterocycles. The lowest BCUT2D eigenvalue weighted by Crippen LogP contribution is -2.46. The Bertz CT molecular complexity index is 794. The number of nitrogens with zero attached hydrogens (tertiary/aromatic N) is 2. The third-order valence-electron chi connectivity index (χ3n) is 5.24. The largest absolute Gasteiger partial charge is 0.858 e. The fourth-order valence-corrected chi connectivity index (χ4v) is 3.99. The summed E-state index contributed by atoms with van der Waals surface area (Å²) >= 11 is 11.9. The van der Waals surface area contributed by atoms with Crippen LogP contribution in [-0.4, -0.2) is 30.5 Å². The summed E-state index contributed by atoms with van der Waals surface area (Å²) in [6.07, 6.45) is 5.33. The van der Waals surface area contributed by atoms with E-state index in [0.29, 0.717) is 21.3 Å². The van der Waals surface area contributed by atoms with Crippen molar-refractivity contribution in [3.05, 3.63) is 63.6 Å². The minimum Gasteiger partial charge on any atom is -0.858 e. The maximum absolute atomic E-state index is 12.3. The monoisotopic (exact) mass is 390 g/mol. The van der Waals surface area contributed by atoms with Crippen LogP contribution < -0.4 is 5.11 Å². The molecule has 0 aromatic heterocycles. The van der Waals surface area contributed by atoms with Crippen LogP contribution in [0.25, 0.3) is 0 Å². The summed E-state index contributed by atoms with van der Waals surface area (Å²) in [5, 5.41) is 13.1. The minimum atomic E-state index is -0.321. The fraction of sp³-hybridized carbons (Fsp3) is 0.381. The van der Waals surface area contributed by atoms with Crippen molar-refractivity contribution in [1.29, 1.82) is 0 Å². The third-order valence-corrected chi connectivity index (χ3v) is 5.98. The number of hydrogen-bond donors (Lipinski definition) is 0. The number of benzene rings is 2. The van der Waals surface area contributed by atoms with E-state index in [-0.39, 0.29) is 5.90 Å². The van der Waals surface area contributed by atoms with Crippen molar-refractivity contribution in [3.8, 4) is 0 Å². The molecule has 26 heavy (non-hydrogen) atoms. The molecular weight excluding hydrogens is 367 g/mol. The van der Waals surface area contributed by atoms with Crippen LogP contribution in [0.4, 0.5) is 5.69 Å². The van der Waals surface area contributed by atoms with E-state index in [4.69, 9.17) is 23.2 Å². The summed E-state index contributed by atoms with van der Waals surface area (Å²) in [4.78, 5) is 4.17. The second-order valence-electron chi connectivity index (χ2n) is 7.59. The Morgan fingerprint density at radius 3 is 2.31 bits per heavy atom. The lowest BCUT2D eigenvalue weighted by molar-refractivity contribution is -0.927. The van der Waals surface area contributed by atoms with Gasteiger partial charge in [0.15, 0.2) is 0 Å². The number of halogens is 2. The Morgan fingerprint density at radius 2 is 1.69 bits per heavy atom. The summed E-state index contributed by atoms with van der Waals surface area (Å²) in [7, 11) is 4.62. The summed E-state index contributed by atoms with van der Waals surface area (Å²) < 4.78 is 1.01. The molecule has 1 aliphatic carbocycles. The first kappa shape index (κ1) is 19.2. The van der Waals surface area contributed by atoms with Gasteiger partial charge >= 0.3 is 0 Å². The Labute approximate surface area is 165 Å². The van der Waals surface area contributed by atoms with Crippen molar-refractivity contribution in [2.45, 2.75) is 38.3 Å². The molecule has 138 valence electrons. The van der Waals surface area contributed by atoms with E-state index in [1.54, 1.807) is 18.2 Å². The normalized spacial score (nSPS) is 16.2. The maximum atomic E-state index is 12.3. The topological polar surface area (TPSA) is 35.4 Å². The third kappa shape index (κ3) is 4.59. The fourth-order valence-electron chi connectivity index (χ4n) is 3.69. The predicted molar refractivity (Wildman–Crippen MR) is 107 cm³/mol. The molecular formula is C21H24Cl2N2O. The highest BCUT2D eigenvalue weighted by molar-refractivity contribution is 6.42. The molecule has 5 heteroatoms. The first-order chi connectivity index (χ1) is 12.3. The lowest BCUT2D eigenvalue weighted by Gasteiger charge is -2.36. The van der Waals surface area contributed by atoms with Gasteiger partial charge in [0.25, 0.3) is 0 Å². The van der Waals surface area contributed by atoms with E-state index in [1.165, 1.54) is 31.2 Å². The molecule has 3 nitrogen and oxygen atoms in total. The van der Waals surface area contributed by atoms with Crippen molar-refractivity contribution in [3.63, 3.8) is 0 Å². The van der Waals surface area contributed by atoms with E-state index >= 15 is 0 Å². The van der Waals surface area contributed by atoms with Gasteiger partial charge in [-0.2, -0.15) is 0 Å². The second-order valence-corrected chi connectivity index (χ2v) is 8.40. The van der Waals surface area contributed by atoms with Crippen molar-refractivity contribution in [2.75, 3.05) is 14.1 Å². The highest BCUT2D eigenvalue weighted by Crippen LogP contribution is 2.29.